The molecule has 2 N–H and O–H groups in total. The van der Waals surface area contributed by atoms with Crippen molar-refractivity contribution >= 4 is 11.8 Å². The minimum absolute atomic E-state index is 0.902. The Labute approximate surface area is 93.0 Å². The van der Waals surface area contributed by atoms with Crippen LogP contribution in [0.4, 0.5) is 5.69 Å². The van der Waals surface area contributed by atoms with Crippen molar-refractivity contribution in [3.8, 4) is 0 Å². The maximum atomic E-state index is 6.06. The zero-order chi connectivity index (χ0) is 11.4. The lowest BCUT2D eigenvalue weighted by atomic mass is 9.99. The lowest BCUT2D eigenvalue weighted by molar-refractivity contribution is 1.11. The molecule has 0 bridgehead atoms. The van der Waals surface area contributed by atoms with Gasteiger partial charge >= 0.3 is 0 Å². The zero-order valence-corrected chi connectivity index (χ0v) is 10.2. The molecule has 82 valence electrons. The normalized spacial score (nSPS) is 11.9. The summed E-state index contributed by atoms with van der Waals surface area (Å²) in [5.74, 6) is 0. The Balaban J connectivity index is 3.20. The van der Waals surface area contributed by atoms with Gasteiger partial charge in [-0.05, 0) is 43.9 Å². The van der Waals surface area contributed by atoms with Crippen LogP contribution in [0.2, 0.25) is 0 Å². The molecule has 15 heavy (non-hydrogen) atoms. The molecule has 0 heterocycles. The lowest BCUT2D eigenvalue weighted by Crippen LogP contribution is -1.95. The first-order valence-electron chi connectivity index (χ1n) is 5.64. The summed E-state index contributed by atoms with van der Waals surface area (Å²) >= 11 is 0. The van der Waals surface area contributed by atoms with Crippen LogP contribution < -0.4 is 5.73 Å². The Morgan fingerprint density at radius 1 is 1.33 bits per heavy atom. The summed E-state index contributed by atoms with van der Waals surface area (Å²) in [4.78, 5) is 0. The van der Waals surface area contributed by atoms with Gasteiger partial charge in [0.05, 0.1) is 0 Å². The Bertz CT molecular complexity index is 352. The van der Waals surface area contributed by atoms with Crippen LogP contribution in [-0.2, 0) is 6.42 Å². The summed E-state index contributed by atoms with van der Waals surface area (Å²) in [7, 11) is 0. The molecule has 0 fully saturated rings. The molecule has 0 atom stereocenters. The van der Waals surface area contributed by atoms with Crippen LogP contribution in [0, 0.1) is 6.92 Å². The van der Waals surface area contributed by atoms with Crippen molar-refractivity contribution in [3.05, 3.63) is 34.4 Å². The highest BCUT2D eigenvalue weighted by molar-refractivity contribution is 5.69. The van der Waals surface area contributed by atoms with Crippen LogP contribution in [0.3, 0.4) is 0 Å². The number of hydrogen-bond donors (Lipinski definition) is 1. The molecule has 0 radical (unpaired) electrons. The van der Waals surface area contributed by atoms with Crippen molar-refractivity contribution in [2.75, 3.05) is 5.73 Å². The number of anilines is 1. The maximum absolute atomic E-state index is 6.06. The first-order valence-corrected chi connectivity index (χ1v) is 5.64. The molecular formula is C14H21N. The topological polar surface area (TPSA) is 26.0 Å². The van der Waals surface area contributed by atoms with Crippen molar-refractivity contribution in [2.24, 2.45) is 0 Å². The minimum atomic E-state index is 0.902. The third-order valence-electron chi connectivity index (χ3n) is 2.84. The van der Waals surface area contributed by atoms with E-state index in [-0.39, 0.29) is 0 Å². The zero-order valence-electron chi connectivity index (χ0n) is 10.2. The van der Waals surface area contributed by atoms with Gasteiger partial charge in [0, 0.05) is 11.3 Å². The molecule has 0 saturated carbocycles. The molecule has 1 aromatic carbocycles. The van der Waals surface area contributed by atoms with Crippen molar-refractivity contribution in [1.82, 2.24) is 0 Å². The average Bonchev–Trinajstić information content (AvgIpc) is 2.22. The molecule has 1 aromatic rings. The molecular weight excluding hydrogens is 182 g/mol. The van der Waals surface area contributed by atoms with Crippen LogP contribution in [-0.4, -0.2) is 0 Å². The molecule has 1 rings (SSSR count). The number of aryl methyl sites for hydroxylation is 2. The highest BCUT2D eigenvalue weighted by atomic mass is 14.6. The van der Waals surface area contributed by atoms with Crippen LogP contribution >= 0.6 is 0 Å². The van der Waals surface area contributed by atoms with Crippen molar-refractivity contribution < 1.29 is 0 Å². The number of hydrogen-bond acceptors (Lipinski definition) is 1. The van der Waals surface area contributed by atoms with Gasteiger partial charge in [0.25, 0.3) is 0 Å². The molecule has 1 heteroatoms. The van der Waals surface area contributed by atoms with Gasteiger partial charge in [-0.15, -0.1) is 0 Å². The van der Waals surface area contributed by atoms with Gasteiger partial charge in [0.1, 0.15) is 0 Å². The lowest BCUT2D eigenvalue weighted by Gasteiger charge is -2.09. The standard InChI is InChI=1S/C14H21N/c1-5-10(3)7-13-11(4)8-12(6-2)9-14(13)15/h7-9H,5-6,15H2,1-4H3/b10-7-. The summed E-state index contributed by atoms with van der Waals surface area (Å²) < 4.78 is 0. The summed E-state index contributed by atoms with van der Waals surface area (Å²) in [6, 6.07) is 4.31. The molecule has 0 unspecified atom stereocenters. The van der Waals surface area contributed by atoms with E-state index in [0.29, 0.717) is 0 Å². The molecule has 0 aliphatic rings. The molecule has 0 saturated heterocycles. The smallest absolute Gasteiger partial charge is 0.0393 e. The Morgan fingerprint density at radius 2 is 2.00 bits per heavy atom. The van der Waals surface area contributed by atoms with Crippen LogP contribution in [0.25, 0.3) is 6.08 Å². The van der Waals surface area contributed by atoms with Gasteiger partial charge in [-0.2, -0.15) is 0 Å². The Hall–Kier alpha value is -1.24. The second kappa shape index (κ2) is 5.01. The van der Waals surface area contributed by atoms with E-state index in [1.165, 1.54) is 22.3 Å². The quantitative estimate of drug-likeness (QED) is 0.739. The minimum Gasteiger partial charge on any atom is -0.398 e. The molecule has 0 amide bonds. The van der Waals surface area contributed by atoms with E-state index in [4.69, 9.17) is 5.73 Å². The van der Waals surface area contributed by atoms with E-state index >= 15 is 0 Å². The molecule has 1 nitrogen and oxygen atoms in total. The van der Waals surface area contributed by atoms with E-state index in [9.17, 15) is 0 Å². The van der Waals surface area contributed by atoms with E-state index in [1.54, 1.807) is 0 Å². The molecule has 0 aliphatic carbocycles. The highest BCUT2D eigenvalue weighted by Crippen LogP contribution is 2.23. The van der Waals surface area contributed by atoms with Gasteiger partial charge in [0.15, 0.2) is 0 Å². The van der Waals surface area contributed by atoms with Gasteiger partial charge in [-0.3, -0.25) is 0 Å². The van der Waals surface area contributed by atoms with E-state index in [1.807, 2.05) is 0 Å². The largest absolute Gasteiger partial charge is 0.398 e. The molecule has 0 aromatic heterocycles. The SMILES string of the molecule is CC/C(C)=C\c1c(C)cc(CC)cc1N. The number of nitrogens with two attached hydrogens (primary N) is 1. The Morgan fingerprint density at radius 3 is 2.47 bits per heavy atom. The second-order valence-corrected chi connectivity index (χ2v) is 4.11. The van der Waals surface area contributed by atoms with Crippen LogP contribution in [0.15, 0.2) is 17.7 Å². The number of benzene rings is 1. The fourth-order valence-electron chi connectivity index (χ4n) is 1.65. The number of allylic oxidation sites excluding steroid dienone is 1. The summed E-state index contributed by atoms with van der Waals surface area (Å²) in [6.07, 6.45) is 4.32. The first kappa shape index (κ1) is 11.8. The van der Waals surface area contributed by atoms with Gasteiger partial charge in [-0.1, -0.05) is 31.6 Å². The van der Waals surface area contributed by atoms with Crippen LogP contribution in [0.5, 0.6) is 0 Å². The summed E-state index contributed by atoms with van der Waals surface area (Å²) in [5.41, 5.74) is 12.1. The fourth-order valence-corrected chi connectivity index (χ4v) is 1.65. The van der Waals surface area contributed by atoms with Gasteiger partial charge in [-0.25, -0.2) is 0 Å². The summed E-state index contributed by atoms with van der Waals surface area (Å²) in [5, 5.41) is 0. The molecule has 0 aliphatic heterocycles. The third-order valence-corrected chi connectivity index (χ3v) is 2.84. The highest BCUT2D eigenvalue weighted by Gasteiger charge is 2.02. The third kappa shape index (κ3) is 2.85. The van der Waals surface area contributed by atoms with Crippen molar-refractivity contribution in [1.29, 1.82) is 0 Å². The maximum Gasteiger partial charge on any atom is 0.0393 e. The average molecular weight is 203 g/mol. The number of nitrogen functional groups attached to an aromatic ring is 1. The molecule has 0 spiro atoms. The fraction of sp³-hybridized carbons (Fsp3) is 0.429. The number of rotatable bonds is 3. The van der Waals surface area contributed by atoms with Crippen LogP contribution in [0.1, 0.15) is 43.9 Å². The van der Waals surface area contributed by atoms with Crippen molar-refractivity contribution in [3.63, 3.8) is 0 Å². The second-order valence-electron chi connectivity index (χ2n) is 4.11. The summed E-state index contributed by atoms with van der Waals surface area (Å²) in [6.45, 7) is 8.59. The predicted molar refractivity (Wildman–Crippen MR) is 68.9 cm³/mol. The first-order chi connectivity index (χ1) is 7.08. The van der Waals surface area contributed by atoms with E-state index in [0.717, 1.165) is 18.5 Å². The predicted octanol–water partition coefficient (Wildman–Crippen LogP) is 3.95. The van der Waals surface area contributed by atoms with Crippen molar-refractivity contribution in [2.45, 2.75) is 40.5 Å². The Kier molecular flexibility index (Phi) is 3.96. The monoisotopic (exact) mass is 203 g/mol. The van der Waals surface area contributed by atoms with E-state index < -0.39 is 0 Å². The van der Waals surface area contributed by atoms with Gasteiger partial charge < -0.3 is 5.73 Å². The van der Waals surface area contributed by atoms with Gasteiger partial charge in [0.2, 0.25) is 0 Å². The van der Waals surface area contributed by atoms with E-state index in [2.05, 4.69) is 45.9 Å².